The average molecular weight is 451 g/mol. The smallest absolute Gasteiger partial charge is 0.416 e. The van der Waals surface area contributed by atoms with Crippen LogP contribution in [0.15, 0.2) is 71.7 Å². The molecule has 168 valence electrons. The molecule has 3 rings (SSSR count). The van der Waals surface area contributed by atoms with Crippen LogP contribution in [0.2, 0.25) is 0 Å². The normalized spacial score (nSPS) is 13.0. The molecule has 3 aromatic carbocycles. The molecule has 0 aromatic heterocycles. The SMILES string of the molecule is CC(C)(c1ccccc1)c1cccc(C=Nc2cc(C(F)(F)F)cc(C(F)(F)F)c2)c1O. The largest absolute Gasteiger partial charge is 0.507 e. The lowest BCUT2D eigenvalue weighted by Crippen LogP contribution is -2.19. The van der Waals surface area contributed by atoms with Crippen LogP contribution in [0, 0.1) is 0 Å². The Kier molecular flexibility index (Phi) is 6.09. The quantitative estimate of drug-likeness (QED) is 0.323. The van der Waals surface area contributed by atoms with E-state index in [0.29, 0.717) is 17.7 Å². The number of rotatable bonds is 4. The summed E-state index contributed by atoms with van der Waals surface area (Å²) in [5, 5.41) is 10.8. The maximum Gasteiger partial charge on any atom is 0.416 e. The first-order valence-corrected chi connectivity index (χ1v) is 9.51. The molecular weight excluding hydrogens is 432 g/mol. The molecule has 0 unspecified atom stereocenters. The predicted octanol–water partition coefficient (Wildman–Crippen LogP) is 7.51. The van der Waals surface area contributed by atoms with Gasteiger partial charge in [0, 0.05) is 22.8 Å². The second-order valence-electron chi connectivity index (χ2n) is 7.76. The second-order valence-corrected chi connectivity index (χ2v) is 7.76. The topological polar surface area (TPSA) is 32.6 Å². The minimum atomic E-state index is -4.96. The van der Waals surface area contributed by atoms with Gasteiger partial charge in [0.1, 0.15) is 5.75 Å². The fourth-order valence-corrected chi connectivity index (χ4v) is 3.34. The van der Waals surface area contributed by atoms with Crippen molar-refractivity contribution in [1.29, 1.82) is 0 Å². The Balaban J connectivity index is 2.03. The molecule has 0 bridgehead atoms. The van der Waals surface area contributed by atoms with Gasteiger partial charge in [0.2, 0.25) is 0 Å². The maximum atomic E-state index is 13.0. The van der Waals surface area contributed by atoms with Gasteiger partial charge in [0.15, 0.2) is 0 Å². The van der Waals surface area contributed by atoms with Gasteiger partial charge >= 0.3 is 12.4 Å². The van der Waals surface area contributed by atoms with Gasteiger partial charge in [-0.2, -0.15) is 26.3 Å². The fourth-order valence-electron chi connectivity index (χ4n) is 3.34. The summed E-state index contributed by atoms with van der Waals surface area (Å²) in [4.78, 5) is 3.80. The zero-order chi connectivity index (χ0) is 23.7. The second kappa shape index (κ2) is 8.33. The minimum Gasteiger partial charge on any atom is -0.507 e. The summed E-state index contributed by atoms with van der Waals surface area (Å²) < 4.78 is 78.3. The molecule has 0 saturated heterocycles. The van der Waals surface area contributed by atoms with E-state index in [-0.39, 0.29) is 17.4 Å². The number of halogens is 6. The standard InChI is InChI=1S/C24H19F6NO/c1-22(2,16-8-4-3-5-9-16)20-10-6-7-15(21(20)32)14-31-19-12-17(23(25,26)27)11-18(13-19)24(28,29)30/h3-14,32H,1-2H3. The summed E-state index contributed by atoms with van der Waals surface area (Å²) in [6.07, 6.45) is -8.88. The summed E-state index contributed by atoms with van der Waals surface area (Å²) in [6, 6.07) is 15.2. The van der Waals surface area contributed by atoms with Gasteiger partial charge in [-0.05, 0) is 29.8 Å². The zero-order valence-electron chi connectivity index (χ0n) is 17.1. The van der Waals surface area contributed by atoms with Crippen molar-refractivity contribution < 1.29 is 31.4 Å². The molecule has 0 spiro atoms. The molecule has 0 saturated carbocycles. The predicted molar refractivity (Wildman–Crippen MR) is 110 cm³/mol. The number of hydrogen-bond acceptors (Lipinski definition) is 2. The number of hydrogen-bond donors (Lipinski definition) is 1. The first-order chi connectivity index (χ1) is 14.8. The molecule has 0 heterocycles. The molecule has 2 nitrogen and oxygen atoms in total. The molecule has 0 aliphatic rings. The average Bonchev–Trinajstić information content (AvgIpc) is 2.72. The third-order valence-electron chi connectivity index (χ3n) is 5.16. The lowest BCUT2D eigenvalue weighted by Gasteiger charge is -2.27. The number of phenols is 1. The van der Waals surface area contributed by atoms with Crippen molar-refractivity contribution >= 4 is 11.9 Å². The van der Waals surface area contributed by atoms with Crippen LogP contribution in [-0.2, 0) is 17.8 Å². The lowest BCUT2D eigenvalue weighted by molar-refractivity contribution is -0.143. The highest BCUT2D eigenvalue weighted by atomic mass is 19.4. The van der Waals surface area contributed by atoms with Crippen molar-refractivity contribution in [3.8, 4) is 5.75 Å². The number of nitrogens with zero attached hydrogens (tertiary/aromatic N) is 1. The number of alkyl halides is 6. The summed E-state index contributed by atoms with van der Waals surface area (Å²) in [6.45, 7) is 3.78. The molecule has 1 N–H and O–H groups in total. The van der Waals surface area contributed by atoms with E-state index in [9.17, 15) is 31.4 Å². The molecule has 32 heavy (non-hydrogen) atoms. The Morgan fingerprint density at radius 3 is 1.81 bits per heavy atom. The lowest BCUT2D eigenvalue weighted by atomic mass is 9.77. The molecule has 0 fully saturated rings. The Hall–Kier alpha value is -3.29. The van der Waals surface area contributed by atoms with Crippen LogP contribution in [-0.4, -0.2) is 11.3 Å². The van der Waals surface area contributed by atoms with Crippen LogP contribution in [0.25, 0.3) is 0 Å². The summed E-state index contributed by atoms with van der Waals surface area (Å²) in [5.41, 5.74) is -2.44. The van der Waals surface area contributed by atoms with E-state index in [1.165, 1.54) is 6.07 Å². The van der Waals surface area contributed by atoms with Gasteiger partial charge in [0.25, 0.3) is 0 Å². The molecule has 3 aromatic rings. The van der Waals surface area contributed by atoms with Crippen molar-refractivity contribution in [2.45, 2.75) is 31.6 Å². The summed E-state index contributed by atoms with van der Waals surface area (Å²) in [7, 11) is 0. The van der Waals surface area contributed by atoms with Crippen LogP contribution in [0.5, 0.6) is 5.75 Å². The Labute approximate surface area is 180 Å². The van der Waals surface area contributed by atoms with Gasteiger partial charge in [-0.3, -0.25) is 4.99 Å². The van der Waals surface area contributed by atoms with Crippen molar-refractivity contribution in [2.75, 3.05) is 0 Å². The summed E-state index contributed by atoms with van der Waals surface area (Å²) >= 11 is 0. The fraction of sp³-hybridized carbons (Fsp3) is 0.208. The number of aromatic hydroxyl groups is 1. The molecule has 0 radical (unpaired) electrons. The van der Waals surface area contributed by atoms with Crippen molar-refractivity contribution in [3.63, 3.8) is 0 Å². The third-order valence-corrected chi connectivity index (χ3v) is 5.16. The van der Waals surface area contributed by atoms with Crippen molar-refractivity contribution in [2.24, 2.45) is 4.99 Å². The Morgan fingerprint density at radius 1 is 0.719 bits per heavy atom. The minimum absolute atomic E-state index is 0.0412. The van der Waals surface area contributed by atoms with Crippen LogP contribution in [0.4, 0.5) is 32.0 Å². The zero-order valence-corrected chi connectivity index (χ0v) is 17.1. The number of para-hydroxylation sites is 1. The molecule has 0 aliphatic heterocycles. The third kappa shape index (κ3) is 4.95. The highest BCUT2D eigenvalue weighted by molar-refractivity contribution is 5.86. The highest BCUT2D eigenvalue weighted by Gasteiger charge is 2.37. The summed E-state index contributed by atoms with van der Waals surface area (Å²) in [5.74, 6) is -0.159. The van der Waals surface area contributed by atoms with E-state index in [1.807, 2.05) is 44.2 Å². The molecule has 0 atom stereocenters. The van der Waals surface area contributed by atoms with E-state index >= 15 is 0 Å². The highest BCUT2D eigenvalue weighted by Crippen LogP contribution is 2.40. The van der Waals surface area contributed by atoms with Crippen molar-refractivity contribution in [1.82, 2.24) is 0 Å². The van der Waals surface area contributed by atoms with E-state index in [1.54, 1.807) is 12.1 Å². The van der Waals surface area contributed by atoms with Crippen LogP contribution in [0.3, 0.4) is 0 Å². The van der Waals surface area contributed by atoms with E-state index in [0.717, 1.165) is 11.8 Å². The first kappa shape index (κ1) is 23.4. The van der Waals surface area contributed by atoms with Gasteiger partial charge in [-0.15, -0.1) is 0 Å². The number of benzene rings is 3. The molecule has 8 heteroatoms. The molecule has 0 aliphatic carbocycles. The maximum absolute atomic E-state index is 13.0. The monoisotopic (exact) mass is 451 g/mol. The van der Waals surface area contributed by atoms with E-state index in [2.05, 4.69) is 4.99 Å². The molecule has 0 amide bonds. The molecular formula is C24H19F6NO. The van der Waals surface area contributed by atoms with Crippen LogP contribution >= 0.6 is 0 Å². The number of aliphatic imine (C=N–C) groups is 1. The van der Waals surface area contributed by atoms with Crippen LogP contribution < -0.4 is 0 Å². The van der Waals surface area contributed by atoms with Gasteiger partial charge in [-0.25, -0.2) is 0 Å². The van der Waals surface area contributed by atoms with E-state index < -0.39 is 34.6 Å². The van der Waals surface area contributed by atoms with Crippen LogP contribution in [0.1, 0.15) is 41.7 Å². The number of phenolic OH excluding ortho intramolecular Hbond substituents is 1. The Morgan fingerprint density at radius 2 is 1.28 bits per heavy atom. The van der Waals surface area contributed by atoms with Gasteiger partial charge < -0.3 is 5.11 Å². The van der Waals surface area contributed by atoms with Gasteiger partial charge in [-0.1, -0.05) is 56.3 Å². The first-order valence-electron chi connectivity index (χ1n) is 9.51. The van der Waals surface area contributed by atoms with E-state index in [4.69, 9.17) is 0 Å². The van der Waals surface area contributed by atoms with Gasteiger partial charge in [0.05, 0.1) is 16.8 Å². The Bertz CT molecular complexity index is 1100. The van der Waals surface area contributed by atoms with Crippen molar-refractivity contribution in [3.05, 3.63) is 94.5 Å².